The van der Waals surface area contributed by atoms with Crippen molar-refractivity contribution in [2.24, 2.45) is 0 Å². The Balaban J connectivity index is 2.66. The Morgan fingerprint density at radius 2 is 2.00 bits per heavy atom. The van der Waals surface area contributed by atoms with Crippen molar-refractivity contribution in [3.8, 4) is 0 Å². The van der Waals surface area contributed by atoms with Crippen LogP contribution in [0.15, 0.2) is 0 Å². The molecule has 0 aliphatic carbocycles. The third-order valence-electron chi connectivity index (χ3n) is 2.03. The fourth-order valence-electron chi connectivity index (χ4n) is 1.24. The minimum atomic E-state index is -1.80. The van der Waals surface area contributed by atoms with Crippen LogP contribution in [0.1, 0.15) is 0 Å². The molecule has 6 heteroatoms. The molecule has 1 heterocycles. The Bertz CT molecular complexity index is 147. The molecule has 0 saturated carbocycles. The Morgan fingerprint density at radius 3 is 2.46 bits per heavy atom. The molecule has 1 aliphatic heterocycles. The summed E-state index contributed by atoms with van der Waals surface area (Å²) in [6.45, 7) is -0.565. The van der Waals surface area contributed by atoms with Crippen LogP contribution in [0, 0.1) is 0 Å². The maximum atomic E-state index is 13.1. The highest BCUT2D eigenvalue weighted by Gasteiger charge is 2.44. The molecule has 0 spiro atoms. The van der Waals surface area contributed by atoms with Gasteiger partial charge in [0, 0.05) is 7.11 Å². The van der Waals surface area contributed by atoms with Crippen molar-refractivity contribution in [3.63, 3.8) is 0 Å². The minimum absolute atomic E-state index is 0.565. The lowest BCUT2D eigenvalue weighted by atomic mass is 10.0. The molecule has 3 N–H and O–H groups in total. The van der Waals surface area contributed by atoms with E-state index < -0.39 is 37.4 Å². The van der Waals surface area contributed by atoms with Crippen LogP contribution in [-0.4, -0.2) is 59.8 Å². The number of hydrogen-bond acceptors (Lipinski definition) is 5. The topological polar surface area (TPSA) is 79.2 Å². The molecule has 1 fully saturated rings. The van der Waals surface area contributed by atoms with Gasteiger partial charge in [-0.25, -0.2) is 4.39 Å². The van der Waals surface area contributed by atoms with Gasteiger partial charge in [-0.15, -0.1) is 0 Å². The van der Waals surface area contributed by atoms with Crippen LogP contribution in [0.3, 0.4) is 0 Å². The zero-order valence-corrected chi connectivity index (χ0v) is 7.13. The Hall–Kier alpha value is -0.270. The van der Waals surface area contributed by atoms with Gasteiger partial charge in [-0.3, -0.25) is 0 Å². The third-order valence-corrected chi connectivity index (χ3v) is 2.03. The minimum Gasteiger partial charge on any atom is -0.394 e. The molecule has 5 nitrogen and oxygen atoms in total. The average Bonchev–Trinajstić information content (AvgIpc) is 2.15. The molecule has 0 aromatic rings. The molecule has 1 saturated heterocycles. The molecular formula is C7H13FO5. The van der Waals surface area contributed by atoms with E-state index in [1.165, 1.54) is 7.11 Å². The van der Waals surface area contributed by atoms with E-state index in [-0.39, 0.29) is 0 Å². The first-order chi connectivity index (χ1) is 6.11. The van der Waals surface area contributed by atoms with Gasteiger partial charge in [-0.05, 0) is 0 Å². The van der Waals surface area contributed by atoms with Gasteiger partial charge in [-0.1, -0.05) is 0 Å². The molecule has 5 atom stereocenters. The second kappa shape index (κ2) is 4.30. The molecule has 2 unspecified atom stereocenters. The monoisotopic (exact) mass is 195 g/mol. The number of ether oxygens (including phenoxy) is 2. The average molecular weight is 195 g/mol. The summed E-state index contributed by atoms with van der Waals surface area (Å²) in [6.07, 6.45) is -7.06. The molecule has 13 heavy (non-hydrogen) atoms. The number of alkyl halides is 1. The second-order valence-corrected chi connectivity index (χ2v) is 2.89. The molecule has 0 radical (unpaired) electrons. The molecule has 0 amide bonds. The lowest BCUT2D eigenvalue weighted by Crippen LogP contribution is -2.57. The zero-order valence-electron chi connectivity index (χ0n) is 7.13. The van der Waals surface area contributed by atoms with Gasteiger partial charge in [0.25, 0.3) is 0 Å². The van der Waals surface area contributed by atoms with E-state index in [1.807, 2.05) is 0 Å². The highest BCUT2D eigenvalue weighted by molar-refractivity contribution is 4.88. The van der Waals surface area contributed by atoms with Gasteiger partial charge in [0.15, 0.2) is 12.5 Å². The summed E-state index contributed by atoms with van der Waals surface area (Å²) >= 11 is 0. The van der Waals surface area contributed by atoms with E-state index in [1.54, 1.807) is 0 Å². The smallest absolute Gasteiger partial charge is 0.186 e. The second-order valence-electron chi connectivity index (χ2n) is 2.89. The number of methoxy groups -OCH3 is 1. The van der Waals surface area contributed by atoms with Crippen molar-refractivity contribution in [1.82, 2.24) is 0 Å². The van der Waals surface area contributed by atoms with Gasteiger partial charge >= 0.3 is 0 Å². The highest BCUT2D eigenvalue weighted by atomic mass is 18.2. The first-order valence-corrected chi connectivity index (χ1v) is 3.91. The zero-order chi connectivity index (χ0) is 10.0. The standard InChI is InChI=1S/C7H13FO5/c1-12-7-6(11)5(10)4(8)3(2-9)13-7/h3-7,9-11H,2H2,1H3/t3?,4-,5-,6?,7-/m1/s1/i8-1. The van der Waals surface area contributed by atoms with E-state index in [2.05, 4.69) is 4.74 Å². The first kappa shape index (κ1) is 10.8. The maximum Gasteiger partial charge on any atom is 0.186 e. The summed E-state index contributed by atoms with van der Waals surface area (Å²) in [4.78, 5) is 0. The Labute approximate surface area is 74.7 Å². The van der Waals surface area contributed by atoms with E-state index in [0.717, 1.165) is 0 Å². The summed E-state index contributed by atoms with van der Waals surface area (Å²) < 4.78 is 22.5. The van der Waals surface area contributed by atoms with Crippen LogP contribution in [0.2, 0.25) is 0 Å². The summed E-state index contributed by atoms with van der Waals surface area (Å²) in [5.74, 6) is 0. The van der Waals surface area contributed by atoms with Crippen molar-refractivity contribution >= 4 is 0 Å². The van der Waals surface area contributed by atoms with Crippen molar-refractivity contribution in [1.29, 1.82) is 0 Å². The van der Waals surface area contributed by atoms with Crippen LogP contribution >= 0.6 is 0 Å². The lowest BCUT2D eigenvalue weighted by molar-refractivity contribution is -0.283. The van der Waals surface area contributed by atoms with Crippen molar-refractivity contribution in [2.75, 3.05) is 13.7 Å². The summed E-state index contributed by atoms with van der Waals surface area (Å²) in [7, 11) is 1.26. The summed E-state index contributed by atoms with van der Waals surface area (Å²) in [6, 6.07) is 0. The van der Waals surface area contributed by atoms with Crippen molar-refractivity contribution < 1.29 is 29.2 Å². The lowest BCUT2D eigenvalue weighted by Gasteiger charge is -2.37. The molecule has 1 rings (SSSR count). The van der Waals surface area contributed by atoms with E-state index >= 15 is 0 Å². The van der Waals surface area contributed by atoms with Gasteiger partial charge < -0.3 is 24.8 Å². The number of aliphatic hydroxyl groups is 3. The molecule has 0 aromatic carbocycles. The van der Waals surface area contributed by atoms with E-state index in [0.29, 0.717) is 0 Å². The summed E-state index contributed by atoms with van der Waals surface area (Å²) in [5, 5.41) is 27.0. The number of hydrogen-bond donors (Lipinski definition) is 3. The van der Waals surface area contributed by atoms with Crippen LogP contribution in [0.4, 0.5) is 4.39 Å². The molecule has 0 bridgehead atoms. The van der Waals surface area contributed by atoms with Gasteiger partial charge in [-0.2, -0.15) is 0 Å². The molecule has 1 aliphatic rings. The number of halogens is 1. The van der Waals surface area contributed by atoms with Crippen molar-refractivity contribution in [2.45, 2.75) is 30.8 Å². The quantitative estimate of drug-likeness (QED) is 0.495. The predicted octanol–water partition coefficient (Wildman–Crippen LogP) is -1.59. The predicted molar refractivity (Wildman–Crippen MR) is 39.7 cm³/mol. The maximum absolute atomic E-state index is 13.1. The van der Waals surface area contributed by atoms with Crippen LogP contribution in [0.25, 0.3) is 0 Å². The number of rotatable bonds is 2. The van der Waals surface area contributed by atoms with Crippen LogP contribution in [-0.2, 0) is 9.47 Å². The fraction of sp³-hybridized carbons (Fsp3) is 1.00. The third kappa shape index (κ3) is 1.97. The Kier molecular flexibility index (Phi) is 3.57. The van der Waals surface area contributed by atoms with Gasteiger partial charge in [0.05, 0.1) is 6.61 Å². The first-order valence-electron chi connectivity index (χ1n) is 3.91. The number of aliphatic hydroxyl groups excluding tert-OH is 3. The molecule has 0 aromatic heterocycles. The largest absolute Gasteiger partial charge is 0.394 e. The fourth-order valence-corrected chi connectivity index (χ4v) is 1.24. The molecular weight excluding hydrogens is 182 g/mol. The normalized spacial score (nSPS) is 46.4. The van der Waals surface area contributed by atoms with E-state index in [9.17, 15) is 9.50 Å². The highest BCUT2D eigenvalue weighted by Crippen LogP contribution is 2.23. The summed E-state index contributed by atoms with van der Waals surface area (Å²) in [5.41, 5.74) is 0. The van der Waals surface area contributed by atoms with Gasteiger partial charge in [0.2, 0.25) is 0 Å². The van der Waals surface area contributed by atoms with Crippen LogP contribution in [0.5, 0.6) is 0 Å². The Morgan fingerprint density at radius 1 is 1.38 bits per heavy atom. The van der Waals surface area contributed by atoms with Crippen molar-refractivity contribution in [3.05, 3.63) is 0 Å². The SMILES string of the molecule is CO[C@@H]1OC(CO)[C@@H]([18F])[C@@H](O)C1O. The van der Waals surface area contributed by atoms with E-state index in [4.69, 9.17) is 14.9 Å². The van der Waals surface area contributed by atoms with Gasteiger partial charge in [0.1, 0.15) is 18.3 Å². The van der Waals surface area contributed by atoms with Crippen LogP contribution < -0.4 is 0 Å². The molecule has 78 valence electrons.